The van der Waals surface area contributed by atoms with Crippen molar-refractivity contribution in [3.63, 3.8) is 0 Å². The molecule has 33 heavy (non-hydrogen) atoms. The lowest BCUT2D eigenvalue weighted by atomic mass is 9.99. The van der Waals surface area contributed by atoms with Gasteiger partial charge in [0.1, 0.15) is 36.4 Å². The van der Waals surface area contributed by atoms with E-state index < -0.39 is 37.3 Å². The van der Waals surface area contributed by atoms with Gasteiger partial charge in [0.25, 0.3) is 0 Å². The van der Waals surface area contributed by atoms with Crippen molar-refractivity contribution >= 4 is 11.0 Å². The molecule has 1 saturated heterocycles. The molecule has 2 heterocycles. The Morgan fingerprint density at radius 1 is 0.939 bits per heavy atom. The summed E-state index contributed by atoms with van der Waals surface area (Å²) >= 11 is 0. The molecule has 4 rings (SSSR count). The third kappa shape index (κ3) is 4.14. The lowest BCUT2D eigenvalue weighted by Crippen LogP contribution is -2.60. The minimum atomic E-state index is -1.65. The van der Waals surface area contributed by atoms with Gasteiger partial charge in [-0.05, 0) is 29.8 Å². The number of aliphatic hydroxyl groups excluding tert-OH is 4. The predicted octanol–water partition coefficient (Wildman–Crippen LogP) is 0.656. The molecule has 3 aromatic rings. The van der Waals surface area contributed by atoms with Crippen LogP contribution in [-0.2, 0) is 4.74 Å². The van der Waals surface area contributed by atoms with Gasteiger partial charge >= 0.3 is 0 Å². The van der Waals surface area contributed by atoms with E-state index in [1.54, 1.807) is 31.4 Å². The van der Waals surface area contributed by atoms with Crippen LogP contribution in [0.3, 0.4) is 0 Å². The zero-order valence-corrected chi connectivity index (χ0v) is 17.9. The second-order valence-corrected chi connectivity index (χ2v) is 7.50. The van der Waals surface area contributed by atoms with Crippen molar-refractivity contribution < 1.29 is 43.8 Å². The summed E-state index contributed by atoms with van der Waals surface area (Å²) in [5, 5.41) is 39.9. The maximum absolute atomic E-state index is 13.2. The molecular formula is C23H24O10. The van der Waals surface area contributed by atoms with E-state index >= 15 is 0 Å². The minimum absolute atomic E-state index is 0.0357. The van der Waals surface area contributed by atoms with Gasteiger partial charge in [-0.25, -0.2) is 0 Å². The molecule has 2 aromatic carbocycles. The maximum atomic E-state index is 13.2. The minimum Gasteiger partial charge on any atom is -0.497 e. The van der Waals surface area contributed by atoms with Crippen LogP contribution >= 0.6 is 0 Å². The average molecular weight is 460 g/mol. The summed E-state index contributed by atoms with van der Waals surface area (Å²) in [5.41, 5.74) is 0.643. The van der Waals surface area contributed by atoms with E-state index in [9.17, 15) is 25.2 Å². The Bertz CT molecular complexity index is 1170. The second kappa shape index (κ2) is 9.38. The monoisotopic (exact) mass is 460 g/mol. The molecule has 0 unspecified atom stereocenters. The van der Waals surface area contributed by atoms with Crippen LogP contribution in [0.5, 0.6) is 17.2 Å². The fourth-order valence-corrected chi connectivity index (χ4v) is 3.68. The van der Waals surface area contributed by atoms with Gasteiger partial charge in [-0.3, -0.25) is 4.79 Å². The summed E-state index contributed by atoms with van der Waals surface area (Å²) in [4.78, 5) is 13.2. The van der Waals surface area contributed by atoms with Crippen molar-refractivity contribution in [1.29, 1.82) is 0 Å². The smallest absolute Gasteiger partial charge is 0.229 e. The van der Waals surface area contributed by atoms with Gasteiger partial charge in [-0.2, -0.15) is 0 Å². The molecule has 5 atom stereocenters. The number of hydrogen-bond donors (Lipinski definition) is 4. The number of methoxy groups -OCH3 is 2. The largest absolute Gasteiger partial charge is 0.497 e. The number of fused-ring (bicyclic) bond motifs is 1. The van der Waals surface area contributed by atoms with Crippen molar-refractivity contribution in [3.8, 4) is 28.4 Å². The van der Waals surface area contributed by atoms with Crippen molar-refractivity contribution in [1.82, 2.24) is 0 Å². The van der Waals surface area contributed by atoms with Gasteiger partial charge in [0.05, 0.1) is 31.8 Å². The van der Waals surface area contributed by atoms with Crippen LogP contribution in [0, 0.1) is 0 Å². The summed E-state index contributed by atoms with van der Waals surface area (Å²) < 4.78 is 27.4. The summed E-state index contributed by atoms with van der Waals surface area (Å²) in [6.07, 6.45) is -6.17. The maximum Gasteiger partial charge on any atom is 0.229 e. The average Bonchev–Trinajstić information content (AvgIpc) is 2.84. The molecule has 0 radical (unpaired) electrons. The Morgan fingerprint density at radius 2 is 1.67 bits per heavy atom. The molecule has 1 aliphatic heterocycles. The fourth-order valence-electron chi connectivity index (χ4n) is 3.68. The van der Waals surface area contributed by atoms with Crippen LogP contribution in [0.2, 0.25) is 0 Å². The van der Waals surface area contributed by atoms with Gasteiger partial charge in [0.15, 0.2) is 11.3 Å². The molecular weight excluding hydrogens is 436 g/mol. The SMILES string of the molecule is COc1ccc(-c2coc3c(O[C@@H]4O[C@H](CO)[C@@H](O)[C@H](O)[C@H]4O)c(OC)ccc3c2=O)cc1. The van der Waals surface area contributed by atoms with Crippen molar-refractivity contribution in [2.24, 2.45) is 0 Å². The van der Waals surface area contributed by atoms with Crippen molar-refractivity contribution in [3.05, 3.63) is 52.9 Å². The molecule has 1 aromatic heterocycles. The number of benzene rings is 2. The number of rotatable bonds is 6. The summed E-state index contributed by atoms with van der Waals surface area (Å²) in [6.45, 7) is -0.613. The van der Waals surface area contributed by atoms with E-state index in [4.69, 9.17) is 23.4 Å². The van der Waals surface area contributed by atoms with Crippen LogP contribution < -0.4 is 19.6 Å². The normalized spacial score (nSPS) is 25.1. The highest BCUT2D eigenvalue weighted by atomic mass is 16.7. The third-order valence-corrected chi connectivity index (χ3v) is 5.56. The van der Waals surface area contributed by atoms with Gasteiger partial charge in [-0.1, -0.05) is 12.1 Å². The van der Waals surface area contributed by atoms with E-state index in [0.717, 1.165) is 0 Å². The Kier molecular flexibility index (Phi) is 6.54. The van der Waals surface area contributed by atoms with Crippen LogP contribution in [0.1, 0.15) is 0 Å². The lowest BCUT2D eigenvalue weighted by Gasteiger charge is -2.39. The van der Waals surface area contributed by atoms with E-state index in [-0.39, 0.29) is 27.9 Å². The van der Waals surface area contributed by atoms with E-state index in [1.165, 1.54) is 25.5 Å². The zero-order valence-electron chi connectivity index (χ0n) is 17.9. The Labute approximate surface area is 188 Å². The third-order valence-electron chi connectivity index (χ3n) is 5.56. The Hall–Kier alpha value is -3.15. The van der Waals surface area contributed by atoms with Gasteiger partial charge in [0, 0.05) is 0 Å². The molecule has 176 valence electrons. The highest BCUT2D eigenvalue weighted by Gasteiger charge is 2.45. The summed E-state index contributed by atoms with van der Waals surface area (Å²) in [6, 6.07) is 9.92. The highest BCUT2D eigenvalue weighted by molar-refractivity contribution is 5.88. The fraction of sp³-hybridized carbons (Fsp3) is 0.348. The van der Waals surface area contributed by atoms with Crippen molar-refractivity contribution in [2.45, 2.75) is 30.7 Å². The lowest BCUT2D eigenvalue weighted by molar-refractivity contribution is -0.277. The molecule has 1 aliphatic rings. The standard InChI is InChI=1S/C23H24O10/c1-29-12-5-3-11(4-6-12)14-10-31-21-13(17(14)25)7-8-15(30-2)22(21)33-23-20(28)19(27)18(26)16(9-24)32-23/h3-8,10,16,18-20,23-24,26-28H,9H2,1-2H3/t16-,18-,19+,20-,23+/m1/s1. The van der Waals surface area contributed by atoms with Gasteiger partial charge in [0.2, 0.25) is 17.5 Å². The van der Waals surface area contributed by atoms with E-state index in [2.05, 4.69) is 0 Å². The highest BCUT2D eigenvalue weighted by Crippen LogP contribution is 2.38. The van der Waals surface area contributed by atoms with Gasteiger partial charge < -0.3 is 43.8 Å². The molecule has 4 N–H and O–H groups in total. The Balaban J connectivity index is 1.76. The molecule has 0 aliphatic carbocycles. The molecule has 0 amide bonds. The zero-order chi connectivity index (χ0) is 23.7. The number of hydrogen-bond acceptors (Lipinski definition) is 10. The van der Waals surface area contributed by atoms with Crippen LogP contribution in [0.25, 0.3) is 22.1 Å². The first-order chi connectivity index (χ1) is 15.9. The van der Waals surface area contributed by atoms with Crippen LogP contribution in [-0.4, -0.2) is 72.0 Å². The Morgan fingerprint density at radius 3 is 2.30 bits per heavy atom. The first kappa shape index (κ1) is 23.0. The molecule has 10 nitrogen and oxygen atoms in total. The van der Waals surface area contributed by atoms with Crippen LogP contribution in [0.4, 0.5) is 0 Å². The first-order valence-corrected chi connectivity index (χ1v) is 10.1. The summed E-state index contributed by atoms with van der Waals surface area (Å²) in [5.74, 6) is 0.779. The van der Waals surface area contributed by atoms with Crippen molar-refractivity contribution in [2.75, 3.05) is 20.8 Å². The van der Waals surface area contributed by atoms with Crippen LogP contribution in [0.15, 0.2) is 51.9 Å². The molecule has 10 heteroatoms. The second-order valence-electron chi connectivity index (χ2n) is 7.50. The molecule has 0 spiro atoms. The number of ether oxygens (including phenoxy) is 4. The molecule has 1 fully saturated rings. The predicted molar refractivity (Wildman–Crippen MR) is 115 cm³/mol. The molecule has 0 bridgehead atoms. The number of aliphatic hydroxyl groups is 4. The van der Waals surface area contributed by atoms with E-state index in [1.807, 2.05) is 0 Å². The molecule has 0 saturated carbocycles. The topological polar surface area (TPSA) is 148 Å². The quantitative estimate of drug-likeness (QED) is 0.413. The summed E-state index contributed by atoms with van der Waals surface area (Å²) in [7, 11) is 2.93. The first-order valence-electron chi connectivity index (χ1n) is 10.1. The van der Waals surface area contributed by atoms with Gasteiger partial charge in [-0.15, -0.1) is 0 Å². The van der Waals surface area contributed by atoms with E-state index in [0.29, 0.717) is 16.9 Å².